The Bertz CT molecular complexity index is 78.6. The number of hydrogen-bond acceptors (Lipinski definition) is 1. The molecule has 0 aliphatic carbocycles. The molecule has 2 radical (unpaired) electrons. The third kappa shape index (κ3) is 2.86. The normalized spacial score (nSPS) is 15.5. The number of allylic oxidation sites excluding steroid dienone is 1. The summed E-state index contributed by atoms with van der Waals surface area (Å²) >= 11 is 0. The molecule has 0 saturated heterocycles. The molecule has 0 rings (SSSR count). The summed E-state index contributed by atoms with van der Waals surface area (Å²) in [5, 5.41) is 0. The predicted molar refractivity (Wildman–Crippen MR) is 37.8 cm³/mol. The number of hydrogen-bond donors (Lipinski definition) is 0. The lowest BCUT2D eigenvalue weighted by Crippen LogP contribution is -2.23. The van der Waals surface area contributed by atoms with Gasteiger partial charge >= 0.3 is 0 Å². The van der Waals surface area contributed by atoms with Crippen LogP contribution in [-0.4, -0.2) is 25.9 Å². The summed E-state index contributed by atoms with van der Waals surface area (Å²) in [5.74, 6) is 0. The van der Waals surface area contributed by atoms with Crippen LogP contribution in [0.2, 0.25) is 0 Å². The van der Waals surface area contributed by atoms with E-state index in [0.29, 0.717) is 6.04 Å². The first kappa shape index (κ1) is 7.76. The molecule has 0 aromatic heterocycles. The van der Waals surface area contributed by atoms with Crippen LogP contribution in [0.15, 0.2) is 12.2 Å². The molecule has 0 saturated carbocycles. The average molecular weight is 109 g/mol. The standard InChI is InChI=1S/C6H12BN/c1-4-5-6(2)8(3)7/h4-6H,1-3H3/b5-4-. The second kappa shape index (κ2) is 3.73. The Morgan fingerprint density at radius 2 is 2.12 bits per heavy atom. The molecule has 0 aromatic carbocycles. The summed E-state index contributed by atoms with van der Waals surface area (Å²) in [4.78, 5) is 1.67. The van der Waals surface area contributed by atoms with Crippen LogP contribution < -0.4 is 0 Å². The van der Waals surface area contributed by atoms with Crippen molar-refractivity contribution in [2.24, 2.45) is 0 Å². The van der Waals surface area contributed by atoms with Crippen molar-refractivity contribution in [1.29, 1.82) is 0 Å². The predicted octanol–water partition coefficient (Wildman–Crippen LogP) is 0.966. The van der Waals surface area contributed by atoms with Crippen LogP contribution in [0.3, 0.4) is 0 Å². The van der Waals surface area contributed by atoms with Gasteiger partial charge in [0.15, 0.2) is 7.98 Å². The van der Waals surface area contributed by atoms with E-state index in [1.807, 2.05) is 33.0 Å². The zero-order chi connectivity index (χ0) is 6.57. The van der Waals surface area contributed by atoms with Crippen molar-refractivity contribution in [2.45, 2.75) is 19.9 Å². The van der Waals surface area contributed by atoms with Crippen LogP contribution >= 0.6 is 0 Å². The van der Waals surface area contributed by atoms with E-state index in [2.05, 4.69) is 0 Å². The molecule has 1 nitrogen and oxygen atoms in total. The molecule has 0 fully saturated rings. The SMILES string of the molecule is [B]N(C)C(C)/C=C\C. The van der Waals surface area contributed by atoms with Gasteiger partial charge in [0.25, 0.3) is 0 Å². The quantitative estimate of drug-likeness (QED) is 0.377. The topological polar surface area (TPSA) is 3.24 Å². The third-order valence-electron chi connectivity index (χ3n) is 1.11. The van der Waals surface area contributed by atoms with Crippen molar-refractivity contribution in [3.63, 3.8) is 0 Å². The molecule has 1 atom stereocenters. The highest BCUT2D eigenvalue weighted by atomic mass is 15.0. The van der Waals surface area contributed by atoms with Crippen molar-refractivity contribution < 1.29 is 0 Å². The average Bonchev–Trinajstić information content (AvgIpc) is 1.67. The fourth-order valence-corrected chi connectivity index (χ4v) is 0.414. The zero-order valence-corrected chi connectivity index (χ0v) is 5.76. The van der Waals surface area contributed by atoms with Gasteiger partial charge < -0.3 is 4.81 Å². The first-order valence-electron chi connectivity index (χ1n) is 2.78. The van der Waals surface area contributed by atoms with Crippen LogP contribution in [0, 0.1) is 0 Å². The summed E-state index contributed by atoms with van der Waals surface area (Å²) in [6, 6.07) is 0.347. The zero-order valence-electron chi connectivity index (χ0n) is 5.76. The van der Waals surface area contributed by atoms with Gasteiger partial charge in [0, 0.05) is 6.04 Å². The Labute approximate surface area is 52.8 Å². The van der Waals surface area contributed by atoms with Crippen LogP contribution in [0.4, 0.5) is 0 Å². The van der Waals surface area contributed by atoms with E-state index >= 15 is 0 Å². The van der Waals surface area contributed by atoms with Gasteiger partial charge in [-0.1, -0.05) is 12.2 Å². The number of likely N-dealkylation sites (N-methyl/N-ethyl adjacent to an activating group) is 1. The lowest BCUT2D eigenvalue weighted by Gasteiger charge is -2.15. The molecule has 0 aromatic rings. The van der Waals surface area contributed by atoms with Gasteiger partial charge in [0.05, 0.1) is 0 Å². The Morgan fingerprint density at radius 3 is 2.25 bits per heavy atom. The molecule has 1 unspecified atom stereocenters. The van der Waals surface area contributed by atoms with Gasteiger partial charge in [-0.25, -0.2) is 0 Å². The van der Waals surface area contributed by atoms with E-state index < -0.39 is 0 Å². The van der Waals surface area contributed by atoms with E-state index in [-0.39, 0.29) is 0 Å². The molecular weight excluding hydrogens is 96.9 g/mol. The highest BCUT2D eigenvalue weighted by molar-refractivity contribution is 6.04. The molecule has 8 heavy (non-hydrogen) atoms. The van der Waals surface area contributed by atoms with Gasteiger partial charge in [-0.05, 0) is 20.9 Å². The van der Waals surface area contributed by atoms with Crippen LogP contribution in [0.25, 0.3) is 0 Å². The summed E-state index contributed by atoms with van der Waals surface area (Å²) in [7, 11) is 7.26. The van der Waals surface area contributed by atoms with Crippen molar-refractivity contribution >= 4 is 7.98 Å². The molecule has 0 N–H and O–H groups in total. The van der Waals surface area contributed by atoms with Gasteiger partial charge in [-0.3, -0.25) is 0 Å². The number of rotatable bonds is 2. The van der Waals surface area contributed by atoms with Crippen LogP contribution in [-0.2, 0) is 0 Å². The van der Waals surface area contributed by atoms with Gasteiger partial charge in [0.2, 0.25) is 0 Å². The minimum Gasteiger partial charge on any atom is -0.351 e. The van der Waals surface area contributed by atoms with E-state index in [4.69, 9.17) is 7.98 Å². The highest BCUT2D eigenvalue weighted by Gasteiger charge is 1.94. The molecule has 0 aliphatic rings. The summed E-state index contributed by atoms with van der Waals surface area (Å²) in [6.45, 7) is 4.03. The Morgan fingerprint density at radius 1 is 1.62 bits per heavy atom. The second-order valence-electron chi connectivity index (χ2n) is 1.93. The Hall–Kier alpha value is -0.235. The Kier molecular flexibility index (Phi) is 3.62. The fourth-order valence-electron chi connectivity index (χ4n) is 0.414. The maximum absolute atomic E-state index is 5.40. The smallest absolute Gasteiger partial charge is 0.182 e. The largest absolute Gasteiger partial charge is 0.351 e. The highest BCUT2D eigenvalue weighted by Crippen LogP contribution is 1.90. The van der Waals surface area contributed by atoms with Gasteiger partial charge in [-0.15, -0.1) is 0 Å². The van der Waals surface area contributed by atoms with Crippen LogP contribution in [0.5, 0.6) is 0 Å². The lowest BCUT2D eigenvalue weighted by molar-refractivity contribution is 0.490. The van der Waals surface area contributed by atoms with Gasteiger partial charge in [0.1, 0.15) is 0 Å². The molecule has 44 valence electrons. The summed E-state index contributed by atoms with van der Waals surface area (Å²) in [6.07, 6.45) is 4.04. The summed E-state index contributed by atoms with van der Waals surface area (Å²) in [5.41, 5.74) is 0. The molecule has 0 bridgehead atoms. The van der Waals surface area contributed by atoms with Crippen molar-refractivity contribution in [2.75, 3.05) is 7.05 Å². The second-order valence-corrected chi connectivity index (χ2v) is 1.93. The monoisotopic (exact) mass is 109 g/mol. The van der Waals surface area contributed by atoms with E-state index in [1.165, 1.54) is 0 Å². The molecular formula is C6H12BN. The van der Waals surface area contributed by atoms with Gasteiger partial charge in [-0.2, -0.15) is 0 Å². The van der Waals surface area contributed by atoms with Crippen molar-refractivity contribution in [3.8, 4) is 0 Å². The molecule has 0 aliphatic heterocycles. The lowest BCUT2D eigenvalue weighted by atomic mass is 10.2. The maximum Gasteiger partial charge on any atom is 0.182 e. The maximum atomic E-state index is 5.40. The molecule has 0 heterocycles. The number of nitrogens with zero attached hydrogens (tertiary/aromatic N) is 1. The minimum absolute atomic E-state index is 0.347. The van der Waals surface area contributed by atoms with Crippen LogP contribution in [0.1, 0.15) is 13.8 Å². The summed E-state index contributed by atoms with van der Waals surface area (Å²) < 4.78 is 0. The molecule has 0 amide bonds. The van der Waals surface area contributed by atoms with Crippen molar-refractivity contribution in [3.05, 3.63) is 12.2 Å². The fraction of sp³-hybridized carbons (Fsp3) is 0.667. The van der Waals surface area contributed by atoms with E-state index in [1.54, 1.807) is 4.81 Å². The van der Waals surface area contributed by atoms with Crippen molar-refractivity contribution in [1.82, 2.24) is 4.81 Å². The van der Waals surface area contributed by atoms with E-state index in [9.17, 15) is 0 Å². The Balaban J connectivity index is 3.47. The third-order valence-corrected chi connectivity index (χ3v) is 1.11. The first-order valence-corrected chi connectivity index (χ1v) is 2.78. The molecule has 2 heteroatoms. The minimum atomic E-state index is 0.347. The molecule has 0 spiro atoms. The first-order chi connectivity index (χ1) is 3.68. The van der Waals surface area contributed by atoms with E-state index in [0.717, 1.165) is 0 Å².